The van der Waals surface area contributed by atoms with Gasteiger partial charge >= 0.3 is 6.09 Å². The quantitative estimate of drug-likeness (QED) is 0.612. The predicted molar refractivity (Wildman–Crippen MR) is 61.2 cm³/mol. The molecule has 2 N–H and O–H groups in total. The van der Waals surface area contributed by atoms with Crippen LogP contribution < -0.4 is 10.6 Å². The highest BCUT2D eigenvalue weighted by molar-refractivity contribution is 5.94. The van der Waals surface area contributed by atoms with Crippen molar-refractivity contribution in [3.05, 3.63) is 27.8 Å². The van der Waals surface area contributed by atoms with Crippen LogP contribution in [0.15, 0.2) is 12.1 Å². The van der Waals surface area contributed by atoms with E-state index in [0.29, 0.717) is 11.3 Å². The van der Waals surface area contributed by atoms with Crippen LogP contribution in [0.5, 0.6) is 0 Å². The van der Waals surface area contributed by atoms with E-state index < -0.39 is 16.9 Å². The van der Waals surface area contributed by atoms with Crippen LogP contribution in [0.2, 0.25) is 0 Å². The fourth-order valence-corrected chi connectivity index (χ4v) is 1.60. The minimum absolute atomic E-state index is 0.00570. The van der Waals surface area contributed by atoms with Crippen LogP contribution in [-0.2, 0) is 16.1 Å². The van der Waals surface area contributed by atoms with Crippen molar-refractivity contribution in [2.75, 3.05) is 10.6 Å². The fraction of sp³-hybridized carbons (Fsp3) is 0.200. The van der Waals surface area contributed by atoms with Gasteiger partial charge in [-0.3, -0.25) is 20.2 Å². The van der Waals surface area contributed by atoms with Gasteiger partial charge in [0.2, 0.25) is 5.91 Å². The molecule has 1 aromatic carbocycles. The van der Waals surface area contributed by atoms with Gasteiger partial charge in [0.15, 0.2) is 0 Å². The Hall–Kier alpha value is -2.64. The molecule has 0 saturated heterocycles. The third-order valence-corrected chi connectivity index (χ3v) is 2.32. The van der Waals surface area contributed by atoms with Crippen molar-refractivity contribution in [3.8, 4) is 0 Å². The average molecular weight is 251 g/mol. The Morgan fingerprint density at radius 2 is 2.28 bits per heavy atom. The van der Waals surface area contributed by atoms with Gasteiger partial charge in [-0.1, -0.05) is 0 Å². The second-order valence-electron chi connectivity index (χ2n) is 3.67. The third kappa shape index (κ3) is 2.21. The van der Waals surface area contributed by atoms with Gasteiger partial charge < -0.3 is 10.1 Å². The summed E-state index contributed by atoms with van der Waals surface area (Å²) in [4.78, 5) is 32.2. The Kier molecular flexibility index (Phi) is 2.84. The monoisotopic (exact) mass is 251 g/mol. The maximum atomic E-state index is 11.0. The van der Waals surface area contributed by atoms with Crippen molar-refractivity contribution < 1.29 is 19.2 Å². The first kappa shape index (κ1) is 11.8. The SMILES string of the molecule is CC(=O)Nc1cc2c(cc1[N+](=O)[O-])NC(=O)OC2. The van der Waals surface area contributed by atoms with Crippen LogP contribution in [0.25, 0.3) is 0 Å². The van der Waals surface area contributed by atoms with E-state index in [9.17, 15) is 19.7 Å². The van der Waals surface area contributed by atoms with Gasteiger partial charge in [0.25, 0.3) is 5.69 Å². The molecule has 0 fully saturated rings. The Bertz CT molecular complexity index is 555. The van der Waals surface area contributed by atoms with Crippen LogP contribution in [0, 0.1) is 10.1 Å². The molecule has 0 atom stereocenters. The molecule has 0 spiro atoms. The zero-order valence-corrected chi connectivity index (χ0v) is 9.35. The van der Waals surface area contributed by atoms with Crippen molar-refractivity contribution in [2.45, 2.75) is 13.5 Å². The van der Waals surface area contributed by atoms with E-state index in [1.165, 1.54) is 19.1 Å². The molecule has 1 aliphatic rings. The number of rotatable bonds is 2. The number of fused-ring (bicyclic) bond motifs is 1. The van der Waals surface area contributed by atoms with Crippen LogP contribution in [-0.4, -0.2) is 16.9 Å². The van der Waals surface area contributed by atoms with Gasteiger partial charge in [0.05, 0.1) is 10.6 Å². The summed E-state index contributed by atoms with van der Waals surface area (Å²) in [6.07, 6.45) is -0.663. The molecule has 94 valence electrons. The lowest BCUT2D eigenvalue weighted by Crippen LogP contribution is -2.21. The highest BCUT2D eigenvalue weighted by Crippen LogP contribution is 2.33. The molecule has 2 amide bonds. The zero-order chi connectivity index (χ0) is 13.3. The Balaban J connectivity index is 2.49. The second-order valence-corrected chi connectivity index (χ2v) is 3.67. The van der Waals surface area contributed by atoms with E-state index in [2.05, 4.69) is 10.6 Å². The number of nitro benzene ring substituents is 1. The molecule has 2 rings (SSSR count). The van der Waals surface area contributed by atoms with Crippen LogP contribution >= 0.6 is 0 Å². The molecule has 0 unspecified atom stereocenters. The molecule has 1 aliphatic heterocycles. The summed E-state index contributed by atoms with van der Waals surface area (Å²) in [5.74, 6) is -0.418. The van der Waals surface area contributed by atoms with Gasteiger partial charge in [0.1, 0.15) is 12.3 Å². The summed E-state index contributed by atoms with van der Waals surface area (Å²) in [5, 5.41) is 15.6. The van der Waals surface area contributed by atoms with E-state index in [1.807, 2.05) is 0 Å². The van der Waals surface area contributed by atoms with E-state index in [1.54, 1.807) is 0 Å². The average Bonchev–Trinajstić information content (AvgIpc) is 2.27. The predicted octanol–water partition coefficient (Wildman–Crippen LogP) is 1.62. The van der Waals surface area contributed by atoms with Gasteiger partial charge in [-0.05, 0) is 6.07 Å². The van der Waals surface area contributed by atoms with Crippen molar-refractivity contribution >= 4 is 29.1 Å². The first-order valence-electron chi connectivity index (χ1n) is 5.00. The maximum Gasteiger partial charge on any atom is 0.411 e. The fourth-order valence-electron chi connectivity index (χ4n) is 1.60. The number of nitrogens with zero attached hydrogens (tertiary/aromatic N) is 1. The zero-order valence-electron chi connectivity index (χ0n) is 9.35. The number of benzene rings is 1. The number of ether oxygens (including phenoxy) is 1. The number of nitro groups is 1. The number of nitrogens with one attached hydrogen (secondary N) is 2. The molecular formula is C10H9N3O5. The molecule has 0 bridgehead atoms. The number of carbonyl (C=O) groups is 2. The minimum Gasteiger partial charge on any atom is -0.444 e. The second kappa shape index (κ2) is 4.32. The van der Waals surface area contributed by atoms with Crippen molar-refractivity contribution in [3.63, 3.8) is 0 Å². The number of hydrogen-bond acceptors (Lipinski definition) is 5. The first-order valence-corrected chi connectivity index (χ1v) is 5.00. The molecule has 0 aromatic heterocycles. The topological polar surface area (TPSA) is 111 Å². The number of cyclic esters (lactones) is 1. The number of anilines is 2. The summed E-state index contributed by atoms with van der Waals surface area (Å²) in [6.45, 7) is 1.26. The summed E-state index contributed by atoms with van der Waals surface area (Å²) >= 11 is 0. The third-order valence-electron chi connectivity index (χ3n) is 2.32. The van der Waals surface area contributed by atoms with E-state index >= 15 is 0 Å². The standard InChI is InChI=1S/C10H9N3O5/c1-5(14)11-8-2-6-4-18-10(15)12-7(6)3-9(8)13(16)17/h2-3H,4H2,1H3,(H,11,14)(H,12,15). The Labute approximate surface area is 101 Å². The van der Waals surface area contributed by atoms with Gasteiger partial charge in [-0.25, -0.2) is 4.79 Å². The van der Waals surface area contributed by atoms with Crippen molar-refractivity contribution in [1.29, 1.82) is 0 Å². The lowest BCUT2D eigenvalue weighted by molar-refractivity contribution is -0.383. The summed E-state index contributed by atoms with van der Waals surface area (Å²) in [6, 6.07) is 2.61. The van der Waals surface area contributed by atoms with Crippen LogP contribution in [0.1, 0.15) is 12.5 Å². The molecule has 8 nitrogen and oxygen atoms in total. The molecule has 0 aliphatic carbocycles. The summed E-state index contributed by atoms with van der Waals surface area (Å²) in [5.41, 5.74) is 0.660. The molecular weight excluding hydrogens is 242 g/mol. The van der Waals surface area contributed by atoms with E-state index in [0.717, 1.165) is 0 Å². The van der Waals surface area contributed by atoms with E-state index in [4.69, 9.17) is 4.74 Å². The first-order chi connectivity index (χ1) is 8.47. The molecule has 0 saturated carbocycles. The molecule has 0 radical (unpaired) electrons. The normalized spacial score (nSPS) is 13.1. The molecule has 1 heterocycles. The highest BCUT2D eigenvalue weighted by Gasteiger charge is 2.23. The maximum absolute atomic E-state index is 11.0. The smallest absolute Gasteiger partial charge is 0.411 e. The lowest BCUT2D eigenvalue weighted by atomic mass is 10.1. The van der Waals surface area contributed by atoms with Gasteiger partial charge in [0, 0.05) is 18.6 Å². The van der Waals surface area contributed by atoms with Gasteiger partial charge in [-0.2, -0.15) is 0 Å². The van der Waals surface area contributed by atoms with Crippen molar-refractivity contribution in [1.82, 2.24) is 0 Å². The Morgan fingerprint density at radius 3 is 2.89 bits per heavy atom. The number of hydrogen-bond donors (Lipinski definition) is 2. The minimum atomic E-state index is -0.663. The number of amides is 2. The van der Waals surface area contributed by atoms with E-state index in [-0.39, 0.29) is 18.0 Å². The highest BCUT2D eigenvalue weighted by atomic mass is 16.6. The summed E-state index contributed by atoms with van der Waals surface area (Å²) in [7, 11) is 0. The Morgan fingerprint density at radius 1 is 1.56 bits per heavy atom. The van der Waals surface area contributed by atoms with Gasteiger partial charge in [-0.15, -0.1) is 0 Å². The van der Waals surface area contributed by atoms with Crippen molar-refractivity contribution in [2.24, 2.45) is 0 Å². The molecule has 8 heteroatoms. The molecule has 1 aromatic rings. The summed E-state index contributed by atoms with van der Waals surface area (Å²) < 4.78 is 4.73. The van der Waals surface area contributed by atoms with Crippen LogP contribution in [0.4, 0.5) is 21.9 Å². The number of carbonyl (C=O) groups excluding carboxylic acids is 2. The molecule has 18 heavy (non-hydrogen) atoms. The lowest BCUT2D eigenvalue weighted by Gasteiger charge is -2.18. The van der Waals surface area contributed by atoms with Crippen LogP contribution in [0.3, 0.4) is 0 Å². The largest absolute Gasteiger partial charge is 0.444 e.